The normalized spacial score (nSPS) is 15.8. The summed E-state index contributed by atoms with van der Waals surface area (Å²) in [4.78, 5) is 14.2. The minimum atomic E-state index is -3.97. The second kappa shape index (κ2) is 7.78. The van der Waals surface area contributed by atoms with Crippen LogP contribution in [0.2, 0.25) is 5.02 Å². The zero-order chi connectivity index (χ0) is 18.7. The van der Waals surface area contributed by atoms with E-state index in [4.69, 9.17) is 16.7 Å². The summed E-state index contributed by atoms with van der Waals surface area (Å²) in [5, 5.41) is 5.18. The maximum absolute atomic E-state index is 12.7. The molecule has 0 saturated carbocycles. The number of rotatable bonds is 4. The maximum atomic E-state index is 12.7. The molecule has 1 aliphatic rings. The number of amides is 1. The van der Waals surface area contributed by atoms with Gasteiger partial charge >= 0.3 is 0 Å². The predicted molar refractivity (Wildman–Crippen MR) is 102 cm³/mol. The van der Waals surface area contributed by atoms with E-state index in [1.807, 2.05) is 18.2 Å². The van der Waals surface area contributed by atoms with Gasteiger partial charge in [-0.15, -0.1) is 0 Å². The van der Waals surface area contributed by atoms with E-state index in [0.717, 1.165) is 19.3 Å². The molecular weight excluding hydrogens is 372 g/mol. The van der Waals surface area contributed by atoms with Crippen LogP contribution >= 0.6 is 11.6 Å². The van der Waals surface area contributed by atoms with Gasteiger partial charge in [0.25, 0.3) is 5.91 Å². The van der Waals surface area contributed by atoms with Crippen LogP contribution in [0.5, 0.6) is 0 Å². The van der Waals surface area contributed by atoms with Gasteiger partial charge < -0.3 is 4.90 Å². The second-order valence-electron chi connectivity index (χ2n) is 6.62. The lowest BCUT2D eigenvalue weighted by molar-refractivity contribution is 0.0690. The predicted octanol–water partition coefficient (Wildman–Crippen LogP) is 3.08. The third kappa shape index (κ3) is 4.44. The van der Waals surface area contributed by atoms with E-state index in [0.29, 0.717) is 24.6 Å². The Hall–Kier alpha value is -1.89. The average molecular weight is 393 g/mol. The number of nitrogens with two attached hydrogens (primary N) is 1. The van der Waals surface area contributed by atoms with Gasteiger partial charge in [-0.05, 0) is 48.9 Å². The minimum Gasteiger partial charge on any atom is -0.339 e. The zero-order valence-corrected chi connectivity index (χ0v) is 15.8. The number of likely N-dealkylation sites (tertiary alicyclic amines) is 1. The molecule has 2 aromatic rings. The minimum absolute atomic E-state index is 0.0191. The Morgan fingerprint density at radius 2 is 1.77 bits per heavy atom. The van der Waals surface area contributed by atoms with Crippen LogP contribution in [0.15, 0.2) is 53.4 Å². The fourth-order valence-corrected chi connectivity index (χ4v) is 4.40. The summed E-state index contributed by atoms with van der Waals surface area (Å²) in [7, 11) is -3.97. The lowest BCUT2D eigenvalue weighted by Gasteiger charge is -2.32. The van der Waals surface area contributed by atoms with Gasteiger partial charge in [-0.2, -0.15) is 0 Å². The molecule has 0 aliphatic carbocycles. The van der Waals surface area contributed by atoms with Gasteiger partial charge in [0.15, 0.2) is 0 Å². The number of benzene rings is 2. The van der Waals surface area contributed by atoms with Gasteiger partial charge in [0.2, 0.25) is 10.0 Å². The number of sulfonamides is 1. The van der Waals surface area contributed by atoms with Crippen LogP contribution in [0.25, 0.3) is 0 Å². The van der Waals surface area contributed by atoms with Crippen molar-refractivity contribution in [3.63, 3.8) is 0 Å². The first-order chi connectivity index (χ1) is 12.3. The van der Waals surface area contributed by atoms with Crippen molar-refractivity contribution in [2.24, 2.45) is 11.1 Å². The first-order valence-electron chi connectivity index (χ1n) is 8.50. The lowest BCUT2D eigenvalue weighted by atomic mass is 9.90. The SMILES string of the molecule is NS(=O)(=O)c1cc(C(=O)N2CCC(Cc3ccccc3)CC2)ccc1Cl. The van der Waals surface area contributed by atoms with Gasteiger partial charge in [0.1, 0.15) is 4.90 Å². The van der Waals surface area contributed by atoms with Crippen molar-refractivity contribution >= 4 is 27.5 Å². The van der Waals surface area contributed by atoms with Crippen molar-refractivity contribution in [1.29, 1.82) is 0 Å². The van der Waals surface area contributed by atoms with Crippen molar-refractivity contribution in [1.82, 2.24) is 4.90 Å². The van der Waals surface area contributed by atoms with Gasteiger partial charge in [0, 0.05) is 18.7 Å². The van der Waals surface area contributed by atoms with Gasteiger partial charge in [-0.3, -0.25) is 4.79 Å². The molecule has 1 saturated heterocycles. The largest absolute Gasteiger partial charge is 0.339 e. The summed E-state index contributed by atoms with van der Waals surface area (Å²) in [5.41, 5.74) is 1.60. The van der Waals surface area contributed by atoms with Crippen molar-refractivity contribution in [3.8, 4) is 0 Å². The van der Waals surface area contributed by atoms with Gasteiger partial charge in [-0.25, -0.2) is 13.6 Å². The number of nitrogens with zero attached hydrogens (tertiary/aromatic N) is 1. The highest BCUT2D eigenvalue weighted by molar-refractivity contribution is 7.89. The Balaban J connectivity index is 1.65. The van der Waals surface area contributed by atoms with Crippen LogP contribution < -0.4 is 5.14 Å². The lowest BCUT2D eigenvalue weighted by Crippen LogP contribution is -2.39. The van der Waals surface area contributed by atoms with E-state index in [9.17, 15) is 13.2 Å². The number of hydrogen-bond donors (Lipinski definition) is 1. The van der Waals surface area contributed by atoms with E-state index < -0.39 is 10.0 Å². The first-order valence-corrected chi connectivity index (χ1v) is 10.4. The summed E-state index contributed by atoms with van der Waals surface area (Å²) in [5.74, 6) is 0.358. The molecule has 0 aromatic heterocycles. The molecule has 1 fully saturated rings. The van der Waals surface area contributed by atoms with E-state index in [-0.39, 0.29) is 15.8 Å². The average Bonchev–Trinajstić information content (AvgIpc) is 2.62. The van der Waals surface area contributed by atoms with Crippen LogP contribution in [0.3, 0.4) is 0 Å². The molecule has 0 bridgehead atoms. The van der Waals surface area contributed by atoms with Gasteiger partial charge in [0.05, 0.1) is 5.02 Å². The van der Waals surface area contributed by atoms with E-state index in [1.165, 1.54) is 23.8 Å². The van der Waals surface area contributed by atoms with Crippen molar-refractivity contribution in [2.45, 2.75) is 24.2 Å². The van der Waals surface area contributed by atoms with Crippen LogP contribution in [-0.4, -0.2) is 32.3 Å². The zero-order valence-electron chi connectivity index (χ0n) is 14.3. The topological polar surface area (TPSA) is 80.5 Å². The number of halogens is 1. The Labute approximate surface area is 158 Å². The molecule has 2 N–H and O–H groups in total. The third-order valence-electron chi connectivity index (χ3n) is 4.75. The van der Waals surface area contributed by atoms with Crippen molar-refractivity contribution < 1.29 is 13.2 Å². The quantitative estimate of drug-likeness (QED) is 0.868. The van der Waals surface area contributed by atoms with Crippen LogP contribution in [0.1, 0.15) is 28.8 Å². The smallest absolute Gasteiger partial charge is 0.253 e. The fourth-order valence-electron chi connectivity index (χ4n) is 3.32. The third-order valence-corrected chi connectivity index (χ3v) is 6.15. The summed E-state index contributed by atoms with van der Waals surface area (Å²) < 4.78 is 23.2. The number of carbonyl (C=O) groups excluding carboxylic acids is 1. The maximum Gasteiger partial charge on any atom is 0.253 e. The number of primary sulfonamides is 1. The van der Waals surface area contributed by atoms with E-state index in [2.05, 4.69) is 12.1 Å². The molecule has 3 rings (SSSR count). The standard InChI is InChI=1S/C19H21ClN2O3S/c20-17-7-6-16(13-18(17)26(21,24)25)19(23)22-10-8-15(9-11-22)12-14-4-2-1-3-5-14/h1-7,13,15H,8-12H2,(H2,21,24,25). The van der Waals surface area contributed by atoms with Crippen molar-refractivity contribution in [2.75, 3.05) is 13.1 Å². The molecule has 0 radical (unpaired) electrons. The van der Waals surface area contributed by atoms with Crippen molar-refractivity contribution in [3.05, 3.63) is 64.7 Å². The number of carbonyl (C=O) groups is 1. The molecule has 5 nitrogen and oxygen atoms in total. The molecule has 1 heterocycles. The Morgan fingerprint density at radius 3 is 2.38 bits per heavy atom. The highest BCUT2D eigenvalue weighted by atomic mass is 35.5. The molecule has 2 aromatic carbocycles. The van der Waals surface area contributed by atoms with Crippen LogP contribution in [0.4, 0.5) is 0 Å². The molecule has 138 valence electrons. The van der Waals surface area contributed by atoms with Crippen LogP contribution in [0, 0.1) is 5.92 Å². The molecule has 1 amide bonds. The highest BCUT2D eigenvalue weighted by Crippen LogP contribution is 2.25. The molecule has 7 heteroatoms. The van der Waals surface area contributed by atoms with E-state index in [1.54, 1.807) is 4.90 Å². The Bertz CT molecular complexity index is 892. The molecule has 0 atom stereocenters. The highest BCUT2D eigenvalue weighted by Gasteiger charge is 2.25. The molecule has 0 unspecified atom stereocenters. The second-order valence-corrected chi connectivity index (χ2v) is 8.55. The molecular formula is C19H21ClN2O3S. The summed E-state index contributed by atoms with van der Waals surface area (Å²) in [6.07, 6.45) is 2.87. The number of piperidine rings is 1. The molecule has 0 spiro atoms. The Morgan fingerprint density at radius 1 is 1.12 bits per heavy atom. The molecule has 26 heavy (non-hydrogen) atoms. The van der Waals surface area contributed by atoms with E-state index >= 15 is 0 Å². The Kier molecular flexibility index (Phi) is 5.65. The fraction of sp³-hybridized carbons (Fsp3) is 0.316. The summed E-state index contributed by atoms with van der Waals surface area (Å²) in [6.45, 7) is 1.31. The summed E-state index contributed by atoms with van der Waals surface area (Å²) in [6, 6.07) is 14.5. The van der Waals surface area contributed by atoms with Crippen LogP contribution in [-0.2, 0) is 16.4 Å². The van der Waals surface area contributed by atoms with Gasteiger partial charge in [-0.1, -0.05) is 41.9 Å². The summed E-state index contributed by atoms with van der Waals surface area (Å²) >= 11 is 5.88. The first kappa shape index (κ1) is 18.9. The monoisotopic (exact) mass is 392 g/mol. The number of hydrogen-bond acceptors (Lipinski definition) is 3. The molecule has 1 aliphatic heterocycles.